The first-order valence-electron chi connectivity index (χ1n) is 5.03. The molecule has 0 saturated heterocycles. The van der Waals surface area contributed by atoms with Crippen molar-refractivity contribution in [2.75, 3.05) is 0 Å². The fourth-order valence-electron chi connectivity index (χ4n) is 4.81. The molecule has 4 fully saturated rings. The van der Waals surface area contributed by atoms with Crippen molar-refractivity contribution in [1.29, 1.82) is 0 Å². The van der Waals surface area contributed by atoms with E-state index in [2.05, 4.69) is 0 Å². The van der Waals surface area contributed by atoms with Crippen molar-refractivity contribution in [2.24, 2.45) is 17.3 Å². The van der Waals surface area contributed by atoms with Crippen molar-refractivity contribution in [3.63, 3.8) is 0 Å². The van der Waals surface area contributed by atoms with Crippen molar-refractivity contribution < 1.29 is 10.2 Å². The first kappa shape index (κ1) is 6.39. The van der Waals surface area contributed by atoms with Gasteiger partial charge in [0.15, 0.2) is 0 Å². The summed E-state index contributed by atoms with van der Waals surface area (Å²) in [5.74, 6) is 1.09. The summed E-state index contributed by atoms with van der Waals surface area (Å²) in [6, 6.07) is 0. The molecule has 5 atom stereocenters. The van der Waals surface area contributed by atoms with Crippen LogP contribution in [0.4, 0.5) is 0 Å². The highest BCUT2D eigenvalue weighted by Crippen LogP contribution is 2.83. The molecule has 4 aliphatic carbocycles. The predicted molar refractivity (Wildman–Crippen MR) is 42.4 cm³/mol. The Hall–Kier alpha value is -0.0800. The van der Waals surface area contributed by atoms with E-state index in [1.807, 2.05) is 0 Å². The van der Waals surface area contributed by atoms with Crippen LogP contribution in [0.15, 0.2) is 0 Å². The normalized spacial score (nSPS) is 76.5. The molecule has 2 nitrogen and oxygen atoms in total. The van der Waals surface area contributed by atoms with Gasteiger partial charge < -0.3 is 10.2 Å². The van der Waals surface area contributed by atoms with E-state index < -0.39 is 0 Å². The molecular formula is C10H14O2. The third-order valence-corrected chi connectivity index (χ3v) is 5.18. The number of hydrogen-bond acceptors (Lipinski definition) is 2. The first-order chi connectivity index (χ1) is 5.58. The fourth-order valence-corrected chi connectivity index (χ4v) is 4.81. The minimum absolute atomic E-state index is 0.203. The van der Waals surface area contributed by atoms with E-state index in [0.29, 0.717) is 11.8 Å². The molecule has 2 bridgehead atoms. The van der Waals surface area contributed by atoms with Gasteiger partial charge >= 0.3 is 0 Å². The van der Waals surface area contributed by atoms with Crippen LogP contribution in [-0.4, -0.2) is 21.4 Å². The zero-order valence-electron chi connectivity index (χ0n) is 7.08. The summed E-state index contributed by atoms with van der Waals surface area (Å²) in [5.41, 5.74) is -0.469. The second-order valence-electron chi connectivity index (χ2n) is 5.71. The Morgan fingerprint density at radius 1 is 1.08 bits per heavy atom. The lowest BCUT2D eigenvalue weighted by atomic mass is 9.58. The molecule has 12 heavy (non-hydrogen) atoms. The van der Waals surface area contributed by atoms with Gasteiger partial charge in [-0.2, -0.15) is 0 Å². The molecule has 2 heteroatoms. The lowest BCUT2D eigenvalue weighted by Crippen LogP contribution is -2.55. The third kappa shape index (κ3) is 0.391. The summed E-state index contributed by atoms with van der Waals surface area (Å²) >= 11 is 0. The van der Waals surface area contributed by atoms with Gasteiger partial charge in [0.1, 0.15) is 0 Å². The standard InChI is InChI=1S/C10H14O2/c11-9-2-6-1-7(9)8(4-9)5-10(8,12)3-6/h6-7,11-12H,1-5H2. The van der Waals surface area contributed by atoms with Crippen LogP contribution in [-0.2, 0) is 0 Å². The summed E-state index contributed by atoms with van der Waals surface area (Å²) in [4.78, 5) is 0. The van der Waals surface area contributed by atoms with Crippen molar-refractivity contribution in [2.45, 2.75) is 43.3 Å². The van der Waals surface area contributed by atoms with Crippen LogP contribution >= 0.6 is 0 Å². The molecule has 0 amide bonds. The maximum absolute atomic E-state index is 10.1. The van der Waals surface area contributed by atoms with Gasteiger partial charge in [0.2, 0.25) is 0 Å². The van der Waals surface area contributed by atoms with Gasteiger partial charge in [-0.15, -0.1) is 0 Å². The Labute approximate surface area is 71.6 Å². The Morgan fingerprint density at radius 2 is 1.92 bits per heavy atom. The third-order valence-electron chi connectivity index (χ3n) is 5.18. The lowest BCUT2D eigenvalue weighted by molar-refractivity contribution is -0.156. The van der Waals surface area contributed by atoms with Crippen LogP contribution in [0.3, 0.4) is 0 Å². The van der Waals surface area contributed by atoms with E-state index in [9.17, 15) is 10.2 Å². The monoisotopic (exact) mass is 166 g/mol. The van der Waals surface area contributed by atoms with Crippen LogP contribution < -0.4 is 0 Å². The SMILES string of the molecule is OC12CC3CC1C1(C2)CC1(O)C3. The molecule has 0 heterocycles. The average Bonchev–Trinajstić information content (AvgIpc) is 2.47. The maximum Gasteiger partial charge on any atom is 0.0718 e. The zero-order valence-corrected chi connectivity index (χ0v) is 7.08. The van der Waals surface area contributed by atoms with E-state index in [1.165, 1.54) is 6.42 Å². The van der Waals surface area contributed by atoms with Gasteiger partial charge in [-0.05, 0) is 43.9 Å². The minimum atomic E-state index is -0.342. The summed E-state index contributed by atoms with van der Waals surface area (Å²) in [7, 11) is 0. The van der Waals surface area contributed by atoms with Crippen molar-refractivity contribution >= 4 is 0 Å². The summed E-state index contributed by atoms with van der Waals surface area (Å²) in [6.07, 6.45) is 5.04. The van der Waals surface area contributed by atoms with E-state index in [-0.39, 0.29) is 16.6 Å². The second kappa shape index (κ2) is 1.28. The van der Waals surface area contributed by atoms with Gasteiger partial charge in [0.25, 0.3) is 0 Å². The molecule has 0 radical (unpaired) electrons. The summed E-state index contributed by atoms with van der Waals surface area (Å²) in [6.45, 7) is 0. The van der Waals surface area contributed by atoms with Crippen LogP contribution in [0, 0.1) is 17.3 Å². The Bertz CT molecular complexity index is 290. The highest BCUT2D eigenvalue weighted by molar-refractivity contribution is 5.35. The number of aliphatic hydroxyl groups is 2. The van der Waals surface area contributed by atoms with Gasteiger partial charge in [0, 0.05) is 5.41 Å². The molecule has 4 rings (SSSR count). The highest BCUT2D eigenvalue weighted by atomic mass is 16.3. The molecule has 5 unspecified atom stereocenters. The quantitative estimate of drug-likeness (QED) is 0.555. The van der Waals surface area contributed by atoms with Gasteiger partial charge in [0.05, 0.1) is 11.2 Å². The molecule has 2 N–H and O–H groups in total. The molecule has 0 aliphatic heterocycles. The largest absolute Gasteiger partial charge is 0.390 e. The Kier molecular flexibility index (Phi) is 0.684. The molecule has 1 spiro atoms. The van der Waals surface area contributed by atoms with Crippen LogP contribution in [0.1, 0.15) is 32.1 Å². The Morgan fingerprint density at radius 3 is 2.75 bits per heavy atom. The Balaban J connectivity index is 1.88. The number of fused-ring (bicyclic) bond motifs is 1. The molecular weight excluding hydrogens is 152 g/mol. The molecule has 4 saturated carbocycles. The maximum atomic E-state index is 10.1. The summed E-state index contributed by atoms with van der Waals surface area (Å²) in [5, 5.41) is 20.3. The van der Waals surface area contributed by atoms with E-state index in [1.54, 1.807) is 0 Å². The summed E-state index contributed by atoms with van der Waals surface area (Å²) < 4.78 is 0. The molecule has 0 aromatic carbocycles. The predicted octanol–water partition coefficient (Wildman–Crippen LogP) is 0.672. The molecule has 0 aromatic heterocycles. The van der Waals surface area contributed by atoms with E-state index in [4.69, 9.17) is 0 Å². The average molecular weight is 166 g/mol. The number of rotatable bonds is 0. The van der Waals surface area contributed by atoms with E-state index >= 15 is 0 Å². The van der Waals surface area contributed by atoms with Gasteiger partial charge in [-0.1, -0.05) is 0 Å². The van der Waals surface area contributed by atoms with Gasteiger partial charge in [-0.25, -0.2) is 0 Å². The minimum Gasteiger partial charge on any atom is -0.390 e. The first-order valence-corrected chi connectivity index (χ1v) is 5.03. The van der Waals surface area contributed by atoms with Crippen molar-refractivity contribution in [3.8, 4) is 0 Å². The smallest absolute Gasteiger partial charge is 0.0718 e. The molecule has 4 aliphatic rings. The van der Waals surface area contributed by atoms with Crippen LogP contribution in [0.5, 0.6) is 0 Å². The highest BCUT2D eigenvalue weighted by Gasteiger charge is 2.85. The van der Waals surface area contributed by atoms with Crippen LogP contribution in [0.25, 0.3) is 0 Å². The van der Waals surface area contributed by atoms with E-state index in [0.717, 1.165) is 25.7 Å². The van der Waals surface area contributed by atoms with Crippen LogP contribution in [0.2, 0.25) is 0 Å². The number of hydrogen-bond donors (Lipinski definition) is 2. The topological polar surface area (TPSA) is 40.5 Å². The molecule has 0 aromatic rings. The van der Waals surface area contributed by atoms with Crippen molar-refractivity contribution in [1.82, 2.24) is 0 Å². The van der Waals surface area contributed by atoms with Gasteiger partial charge in [-0.3, -0.25) is 0 Å². The molecule has 66 valence electrons. The lowest BCUT2D eigenvalue weighted by Gasteiger charge is -2.50. The van der Waals surface area contributed by atoms with Crippen molar-refractivity contribution in [3.05, 3.63) is 0 Å². The zero-order chi connectivity index (χ0) is 8.19. The second-order valence-corrected chi connectivity index (χ2v) is 5.71. The fraction of sp³-hybridized carbons (Fsp3) is 1.00.